The van der Waals surface area contributed by atoms with Crippen LogP contribution < -0.4 is 0 Å². The van der Waals surface area contributed by atoms with E-state index in [0.717, 1.165) is 5.57 Å². The molecule has 2 heteroatoms. The van der Waals surface area contributed by atoms with Crippen LogP contribution in [0.3, 0.4) is 0 Å². The van der Waals surface area contributed by atoms with Crippen molar-refractivity contribution in [2.45, 2.75) is 25.7 Å². The van der Waals surface area contributed by atoms with Gasteiger partial charge in [-0.1, -0.05) is 12.2 Å². The van der Waals surface area contributed by atoms with E-state index < -0.39 is 6.29 Å². The van der Waals surface area contributed by atoms with Crippen molar-refractivity contribution in [1.29, 1.82) is 0 Å². The quantitative estimate of drug-likeness (QED) is 0.584. The summed E-state index contributed by atoms with van der Waals surface area (Å²) in [5.74, 6) is 0. The van der Waals surface area contributed by atoms with Crippen LogP contribution >= 0.6 is 0 Å². The molecular formula is C8H12O2. The highest BCUT2D eigenvalue weighted by Crippen LogP contribution is 2.20. The highest BCUT2D eigenvalue weighted by atomic mass is 16.6. The summed E-state index contributed by atoms with van der Waals surface area (Å²) in [7, 11) is 0. The van der Waals surface area contributed by atoms with Gasteiger partial charge in [-0.15, -0.1) is 6.58 Å². The van der Waals surface area contributed by atoms with Gasteiger partial charge in [0.1, 0.15) is 0 Å². The van der Waals surface area contributed by atoms with Crippen molar-refractivity contribution >= 4 is 0 Å². The third-order valence-electron chi connectivity index (χ3n) is 1.49. The molecular weight excluding hydrogens is 128 g/mol. The number of aliphatic hydroxyl groups is 1. The second-order valence-corrected chi connectivity index (χ2v) is 2.43. The lowest BCUT2D eigenvalue weighted by Gasteiger charge is -2.06. The average Bonchev–Trinajstić information content (AvgIpc) is 2.13. The van der Waals surface area contributed by atoms with E-state index in [9.17, 15) is 0 Å². The molecule has 0 aliphatic carbocycles. The molecule has 0 saturated carbocycles. The van der Waals surface area contributed by atoms with E-state index in [1.54, 1.807) is 6.08 Å². The lowest BCUT2D eigenvalue weighted by atomic mass is 10.2. The van der Waals surface area contributed by atoms with Crippen LogP contribution in [-0.4, -0.2) is 17.5 Å². The Hall–Kier alpha value is -0.600. The summed E-state index contributed by atoms with van der Waals surface area (Å²) in [5, 5.41) is 9.15. The molecule has 10 heavy (non-hydrogen) atoms. The normalized spacial score (nSPS) is 32.0. The smallest absolute Gasteiger partial charge is 0.178 e. The first-order valence-corrected chi connectivity index (χ1v) is 3.39. The molecule has 0 fully saturated rings. The van der Waals surface area contributed by atoms with Gasteiger partial charge in [0, 0.05) is 0 Å². The van der Waals surface area contributed by atoms with Gasteiger partial charge in [0.25, 0.3) is 0 Å². The molecule has 1 rings (SSSR count). The summed E-state index contributed by atoms with van der Waals surface area (Å²) >= 11 is 0. The Morgan fingerprint density at radius 2 is 2.60 bits per heavy atom. The number of ether oxygens (including phenoxy) is 1. The molecule has 1 heterocycles. The van der Waals surface area contributed by atoms with Crippen molar-refractivity contribution in [1.82, 2.24) is 0 Å². The summed E-state index contributed by atoms with van der Waals surface area (Å²) in [4.78, 5) is 0. The summed E-state index contributed by atoms with van der Waals surface area (Å²) in [6.07, 6.45) is 3.74. The Kier molecular flexibility index (Phi) is 2.25. The van der Waals surface area contributed by atoms with Crippen LogP contribution in [0.5, 0.6) is 0 Å². The van der Waals surface area contributed by atoms with Crippen molar-refractivity contribution in [3.05, 3.63) is 24.3 Å². The third-order valence-corrected chi connectivity index (χ3v) is 1.49. The van der Waals surface area contributed by atoms with Gasteiger partial charge in [0.05, 0.1) is 6.10 Å². The zero-order valence-electron chi connectivity index (χ0n) is 6.08. The van der Waals surface area contributed by atoms with Gasteiger partial charge in [-0.2, -0.15) is 0 Å². The molecule has 1 unspecified atom stereocenters. The Morgan fingerprint density at radius 1 is 1.90 bits per heavy atom. The molecule has 0 radical (unpaired) electrons. The van der Waals surface area contributed by atoms with Crippen LogP contribution in [0.2, 0.25) is 0 Å². The Bertz CT molecular complexity index is 161. The van der Waals surface area contributed by atoms with Gasteiger partial charge in [-0.05, 0) is 18.9 Å². The molecule has 1 aliphatic heterocycles. The van der Waals surface area contributed by atoms with Crippen LogP contribution in [0.25, 0.3) is 0 Å². The van der Waals surface area contributed by atoms with Gasteiger partial charge in [0.2, 0.25) is 0 Å². The fourth-order valence-corrected chi connectivity index (χ4v) is 1.05. The lowest BCUT2D eigenvalue weighted by molar-refractivity contribution is -0.0745. The minimum absolute atomic E-state index is 0.0462. The Labute approximate surface area is 60.8 Å². The topological polar surface area (TPSA) is 29.5 Å². The monoisotopic (exact) mass is 140 g/mol. The zero-order chi connectivity index (χ0) is 7.56. The van der Waals surface area contributed by atoms with E-state index in [1.807, 2.05) is 13.0 Å². The first-order chi connectivity index (χ1) is 4.74. The molecule has 2 atom stereocenters. The predicted molar refractivity (Wildman–Crippen MR) is 39.5 cm³/mol. The summed E-state index contributed by atoms with van der Waals surface area (Å²) < 4.78 is 5.04. The zero-order valence-corrected chi connectivity index (χ0v) is 6.08. The van der Waals surface area contributed by atoms with Gasteiger partial charge in [-0.3, -0.25) is 0 Å². The van der Waals surface area contributed by atoms with Crippen molar-refractivity contribution in [2.75, 3.05) is 0 Å². The highest BCUT2D eigenvalue weighted by Gasteiger charge is 2.20. The van der Waals surface area contributed by atoms with Gasteiger partial charge in [-0.25, -0.2) is 0 Å². The van der Waals surface area contributed by atoms with E-state index in [0.29, 0.717) is 6.42 Å². The molecule has 0 bridgehead atoms. The molecule has 0 aromatic rings. The summed E-state index contributed by atoms with van der Waals surface area (Å²) in [6.45, 7) is 5.48. The van der Waals surface area contributed by atoms with Crippen LogP contribution in [0.15, 0.2) is 24.3 Å². The van der Waals surface area contributed by atoms with E-state index >= 15 is 0 Å². The van der Waals surface area contributed by atoms with Gasteiger partial charge in [0.15, 0.2) is 6.29 Å². The molecule has 1 N–H and O–H groups in total. The first kappa shape index (κ1) is 7.51. The minimum Gasteiger partial charge on any atom is -0.364 e. The maximum atomic E-state index is 9.15. The molecule has 0 saturated heterocycles. The van der Waals surface area contributed by atoms with Crippen molar-refractivity contribution < 1.29 is 9.84 Å². The minimum atomic E-state index is -0.701. The Balaban J connectivity index is 2.56. The fourth-order valence-electron chi connectivity index (χ4n) is 1.05. The number of aliphatic hydroxyl groups excluding tert-OH is 1. The molecule has 56 valence electrons. The van der Waals surface area contributed by atoms with E-state index in [4.69, 9.17) is 9.84 Å². The molecule has 0 amide bonds. The summed E-state index contributed by atoms with van der Waals surface area (Å²) in [6, 6.07) is 0. The van der Waals surface area contributed by atoms with Crippen molar-refractivity contribution in [3.63, 3.8) is 0 Å². The predicted octanol–water partition coefficient (Wildman–Crippen LogP) is 1.23. The number of hydrogen-bond donors (Lipinski definition) is 1. The molecule has 0 aromatic carbocycles. The number of rotatable bonds is 2. The molecule has 0 spiro atoms. The van der Waals surface area contributed by atoms with Crippen molar-refractivity contribution in [3.8, 4) is 0 Å². The lowest BCUT2D eigenvalue weighted by Crippen LogP contribution is -2.10. The van der Waals surface area contributed by atoms with Gasteiger partial charge >= 0.3 is 0 Å². The van der Waals surface area contributed by atoms with Crippen molar-refractivity contribution in [2.24, 2.45) is 0 Å². The van der Waals surface area contributed by atoms with Crippen LogP contribution in [-0.2, 0) is 4.74 Å². The second-order valence-electron chi connectivity index (χ2n) is 2.43. The first-order valence-electron chi connectivity index (χ1n) is 3.39. The summed E-state index contributed by atoms with van der Waals surface area (Å²) in [5.41, 5.74) is 0.919. The van der Waals surface area contributed by atoms with E-state index in [2.05, 4.69) is 6.58 Å². The molecule has 1 aliphatic rings. The third kappa shape index (κ3) is 1.46. The SMILES string of the molecule is C=CCC1=C[C@H](C)OC1O. The van der Waals surface area contributed by atoms with Crippen LogP contribution in [0.4, 0.5) is 0 Å². The second kappa shape index (κ2) is 2.99. The Morgan fingerprint density at radius 3 is 3.00 bits per heavy atom. The molecule has 2 nitrogen and oxygen atoms in total. The average molecular weight is 140 g/mol. The maximum absolute atomic E-state index is 9.15. The number of hydrogen-bond acceptors (Lipinski definition) is 2. The van der Waals surface area contributed by atoms with Crippen LogP contribution in [0.1, 0.15) is 13.3 Å². The van der Waals surface area contributed by atoms with E-state index in [-0.39, 0.29) is 6.10 Å². The largest absolute Gasteiger partial charge is 0.364 e. The number of allylic oxidation sites excluding steroid dienone is 1. The van der Waals surface area contributed by atoms with Crippen LogP contribution in [0, 0.1) is 0 Å². The molecule has 0 aromatic heterocycles. The van der Waals surface area contributed by atoms with E-state index in [1.165, 1.54) is 0 Å². The van der Waals surface area contributed by atoms with Gasteiger partial charge < -0.3 is 9.84 Å². The standard InChI is InChI=1S/C8H12O2/c1-3-4-7-5-6(2)10-8(7)9/h3,5-6,8-9H,1,4H2,2H3/t6-,8?/m0/s1. The highest BCUT2D eigenvalue weighted by molar-refractivity contribution is 5.15. The fraction of sp³-hybridized carbons (Fsp3) is 0.500. The maximum Gasteiger partial charge on any atom is 0.178 e.